The molecule has 0 radical (unpaired) electrons. The first-order chi connectivity index (χ1) is 5.31. The molecule has 1 aromatic rings. The third-order valence-electron chi connectivity index (χ3n) is 1.04. The van der Waals surface area contributed by atoms with Gasteiger partial charge in [0, 0.05) is 13.7 Å². The van der Waals surface area contributed by atoms with Gasteiger partial charge in [-0.1, -0.05) is 18.2 Å². The number of phenols is 1. The van der Waals surface area contributed by atoms with E-state index in [1.165, 1.54) is 0 Å². The highest BCUT2D eigenvalue weighted by Gasteiger charge is 1.74. The Hall–Kier alpha value is -1.02. The summed E-state index contributed by atoms with van der Waals surface area (Å²) < 4.78 is 4.54. The van der Waals surface area contributed by atoms with Gasteiger partial charge in [-0.2, -0.15) is 0 Å². The average Bonchev–Trinajstić information content (AvgIpc) is 2.07. The zero-order valence-corrected chi connectivity index (χ0v) is 6.95. The van der Waals surface area contributed by atoms with Crippen LogP contribution >= 0.6 is 0 Å². The second-order valence-corrected chi connectivity index (χ2v) is 1.91. The first-order valence-electron chi connectivity index (χ1n) is 3.54. The Balaban J connectivity index is 0.000000218. The number of aromatic hydroxyl groups is 1. The quantitative estimate of drug-likeness (QED) is 0.670. The maximum absolute atomic E-state index is 8.63. The average molecular weight is 154 g/mol. The highest BCUT2D eigenvalue weighted by Crippen LogP contribution is 2.02. The van der Waals surface area contributed by atoms with Gasteiger partial charge >= 0.3 is 0 Å². The van der Waals surface area contributed by atoms with Crippen LogP contribution in [0.5, 0.6) is 5.75 Å². The van der Waals surface area contributed by atoms with Crippen LogP contribution < -0.4 is 0 Å². The standard InChI is InChI=1S/C6H6O.C3H8O/c7-6-4-2-1-3-5-6;1-3-4-2/h1-5,7H;3H2,1-2H3. The summed E-state index contributed by atoms with van der Waals surface area (Å²) in [5, 5.41) is 8.63. The third kappa shape index (κ3) is 6.87. The van der Waals surface area contributed by atoms with Crippen LogP contribution in [0.2, 0.25) is 0 Å². The number of benzene rings is 1. The van der Waals surface area contributed by atoms with Crippen LogP contribution in [0.1, 0.15) is 6.92 Å². The molecule has 0 aliphatic heterocycles. The minimum absolute atomic E-state index is 0.322. The predicted octanol–water partition coefficient (Wildman–Crippen LogP) is 2.04. The summed E-state index contributed by atoms with van der Waals surface area (Å²) in [6.45, 7) is 2.78. The number of phenolic OH excluding ortho intramolecular Hbond substituents is 1. The topological polar surface area (TPSA) is 29.5 Å². The highest BCUT2D eigenvalue weighted by molar-refractivity contribution is 5.18. The largest absolute Gasteiger partial charge is 0.508 e. The summed E-state index contributed by atoms with van der Waals surface area (Å²) in [4.78, 5) is 0. The summed E-state index contributed by atoms with van der Waals surface area (Å²) in [5.41, 5.74) is 0. The molecule has 0 spiro atoms. The molecule has 0 aliphatic rings. The van der Waals surface area contributed by atoms with Gasteiger partial charge in [-0.05, 0) is 19.1 Å². The number of methoxy groups -OCH3 is 1. The van der Waals surface area contributed by atoms with Crippen LogP contribution in [0.25, 0.3) is 0 Å². The third-order valence-corrected chi connectivity index (χ3v) is 1.04. The number of para-hydroxylation sites is 1. The molecule has 11 heavy (non-hydrogen) atoms. The van der Waals surface area contributed by atoms with E-state index >= 15 is 0 Å². The maximum atomic E-state index is 8.63. The van der Waals surface area contributed by atoms with Crippen LogP contribution in [-0.2, 0) is 4.74 Å². The molecule has 2 heteroatoms. The molecule has 0 amide bonds. The molecule has 1 rings (SSSR count). The van der Waals surface area contributed by atoms with Crippen LogP contribution in [-0.4, -0.2) is 18.8 Å². The Kier molecular flexibility index (Phi) is 6.43. The van der Waals surface area contributed by atoms with Crippen molar-refractivity contribution in [2.24, 2.45) is 0 Å². The van der Waals surface area contributed by atoms with E-state index < -0.39 is 0 Å². The molecule has 0 heterocycles. The van der Waals surface area contributed by atoms with Crippen molar-refractivity contribution < 1.29 is 9.84 Å². The molecular formula is C9H14O2. The van der Waals surface area contributed by atoms with Gasteiger partial charge in [0.25, 0.3) is 0 Å². The fourth-order valence-electron chi connectivity index (χ4n) is 0.428. The highest BCUT2D eigenvalue weighted by atomic mass is 16.5. The van der Waals surface area contributed by atoms with Crippen LogP contribution in [0, 0.1) is 0 Å². The Morgan fingerprint density at radius 2 is 1.73 bits per heavy atom. The van der Waals surface area contributed by atoms with Gasteiger partial charge in [-0.15, -0.1) is 0 Å². The Morgan fingerprint density at radius 3 is 1.91 bits per heavy atom. The zero-order valence-electron chi connectivity index (χ0n) is 6.95. The zero-order chi connectivity index (χ0) is 8.53. The van der Waals surface area contributed by atoms with Gasteiger partial charge in [0.15, 0.2) is 0 Å². The number of hydrogen-bond acceptors (Lipinski definition) is 2. The van der Waals surface area contributed by atoms with Crippen molar-refractivity contribution in [1.29, 1.82) is 0 Å². The van der Waals surface area contributed by atoms with Gasteiger partial charge < -0.3 is 9.84 Å². The van der Waals surface area contributed by atoms with Crippen molar-refractivity contribution in [2.75, 3.05) is 13.7 Å². The minimum atomic E-state index is 0.322. The van der Waals surface area contributed by atoms with E-state index in [4.69, 9.17) is 5.11 Å². The smallest absolute Gasteiger partial charge is 0.115 e. The van der Waals surface area contributed by atoms with E-state index in [0.29, 0.717) is 5.75 Å². The molecule has 0 fully saturated rings. The number of hydrogen-bond donors (Lipinski definition) is 1. The lowest BCUT2D eigenvalue weighted by Gasteiger charge is -1.82. The Labute approximate surface area is 67.4 Å². The fraction of sp³-hybridized carbons (Fsp3) is 0.333. The lowest BCUT2D eigenvalue weighted by molar-refractivity contribution is 0.215. The summed E-state index contributed by atoms with van der Waals surface area (Å²) in [7, 11) is 1.68. The summed E-state index contributed by atoms with van der Waals surface area (Å²) in [6, 6.07) is 8.71. The molecule has 0 saturated carbocycles. The lowest BCUT2D eigenvalue weighted by Crippen LogP contribution is -1.73. The second-order valence-electron chi connectivity index (χ2n) is 1.91. The van der Waals surface area contributed by atoms with E-state index in [2.05, 4.69) is 4.74 Å². The summed E-state index contributed by atoms with van der Waals surface area (Å²) >= 11 is 0. The van der Waals surface area contributed by atoms with E-state index in [9.17, 15) is 0 Å². The first kappa shape index (κ1) is 9.98. The van der Waals surface area contributed by atoms with Crippen molar-refractivity contribution >= 4 is 0 Å². The van der Waals surface area contributed by atoms with Gasteiger partial charge in [0.05, 0.1) is 0 Å². The SMILES string of the molecule is CCOC.Oc1ccccc1. The van der Waals surface area contributed by atoms with Crippen molar-refractivity contribution in [2.45, 2.75) is 6.92 Å². The number of ether oxygens (including phenoxy) is 1. The van der Waals surface area contributed by atoms with Crippen LogP contribution in [0.3, 0.4) is 0 Å². The van der Waals surface area contributed by atoms with Crippen molar-refractivity contribution in [1.82, 2.24) is 0 Å². The lowest BCUT2D eigenvalue weighted by atomic mass is 10.3. The molecule has 0 aliphatic carbocycles. The Morgan fingerprint density at radius 1 is 1.27 bits per heavy atom. The predicted molar refractivity (Wildman–Crippen MR) is 45.7 cm³/mol. The van der Waals surface area contributed by atoms with E-state index in [1.54, 1.807) is 31.4 Å². The molecule has 0 unspecified atom stereocenters. The fourth-order valence-corrected chi connectivity index (χ4v) is 0.428. The second kappa shape index (κ2) is 7.09. The normalized spacial score (nSPS) is 8.18. The monoisotopic (exact) mass is 154 g/mol. The Bertz CT molecular complexity index is 158. The molecule has 1 aromatic carbocycles. The maximum Gasteiger partial charge on any atom is 0.115 e. The van der Waals surface area contributed by atoms with Crippen molar-refractivity contribution in [3.63, 3.8) is 0 Å². The number of rotatable bonds is 1. The van der Waals surface area contributed by atoms with Gasteiger partial charge in [0.2, 0.25) is 0 Å². The van der Waals surface area contributed by atoms with Crippen LogP contribution in [0.15, 0.2) is 30.3 Å². The molecule has 62 valence electrons. The molecule has 0 atom stereocenters. The van der Waals surface area contributed by atoms with Gasteiger partial charge in [0.1, 0.15) is 5.75 Å². The molecule has 0 saturated heterocycles. The van der Waals surface area contributed by atoms with E-state index in [-0.39, 0.29) is 0 Å². The minimum Gasteiger partial charge on any atom is -0.508 e. The van der Waals surface area contributed by atoms with E-state index in [1.807, 2.05) is 13.0 Å². The van der Waals surface area contributed by atoms with Crippen molar-refractivity contribution in [3.8, 4) is 5.75 Å². The molecule has 2 nitrogen and oxygen atoms in total. The van der Waals surface area contributed by atoms with Gasteiger partial charge in [-0.25, -0.2) is 0 Å². The van der Waals surface area contributed by atoms with Crippen LogP contribution in [0.4, 0.5) is 0 Å². The summed E-state index contributed by atoms with van der Waals surface area (Å²) in [5.74, 6) is 0.322. The van der Waals surface area contributed by atoms with E-state index in [0.717, 1.165) is 6.61 Å². The molecular weight excluding hydrogens is 140 g/mol. The van der Waals surface area contributed by atoms with Crippen molar-refractivity contribution in [3.05, 3.63) is 30.3 Å². The summed E-state index contributed by atoms with van der Waals surface area (Å²) in [6.07, 6.45) is 0. The first-order valence-corrected chi connectivity index (χ1v) is 3.54. The molecule has 0 aromatic heterocycles. The molecule has 0 bridgehead atoms. The van der Waals surface area contributed by atoms with Gasteiger partial charge in [-0.3, -0.25) is 0 Å². The molecule has 1 N–H and O–H groups in total.